The van der Waals surface area contributed by atoms with Gasteiger partial charge in [-0.05, 0) is 31.4 Å². The number of aliphatic carboxylic acids is 1. The molecule has 1 aliphatic carbocycles. The summed E-state index contributed by atoms with van der Waals surface area (Å²) >= 11 is 0. The van der Waals surface area contributed by atoms with Gasteiger partial charge in [0.2, 0.25) is 0 Å². The van der Waals surface area contributed by atoms with Crippen molar-refractivity contribution in [2.45, 2.75) is 51.4 Å². The molecule has 0 spiro atoms. The second-order valence-corrected chi connectivity index (χ2v) is 6.34. The first-order valence-electron chi connectivity index (χ1n) is 8.59. The highest BCUT2D eigenvalue weighted by atomic mass is 16.5. The van der Waals surface area contributed by atoms with Gasteiger partial charge in [-0.15, -0.1) is 0 Å². The van der Waals surface area contributed by atoms with Crippen LogP contribution >= 0.6 is 0 Å². The molecule has 126 valence electrons. The number of Topliss-reactive ketones (excluding diaryl/α,β-unsaturated/α-hetero) is 1. The quantitative estimate of drug-likeness (QED) is 0.660. The van der Waals surface area contributed by atoms with Crippen molar-refractivity contribution in [3.63, 3.8) is 0 Å². The highest BCUT2D eigenvalue weighted by molar-refractivity contribution is 5.83. The summed E-state index contributed by atoms with van der Waals surface area (Å²) in [5, 5.41) is 8.61. The molecule has 1 aliphatic rings. The Kier molecular flexibility index (Phi) is 7.11. The zero-order chi connectivity index (χ0) is 16.5. The fourth-order valence-electron chi connectivity index (χ4n) is 3.29. The second kappa shape index (κ2) is 9.33. The van der Waals surface area contributed by atoms with Gasteiger partial charge in [0.1, 0.15) is 11.5 Å². The number of carboxylic acid groups (broad SMARTS) is 1. The maximum Gasteiger partial charge on any atom is 0.303 e. The van der Waals surface area contributed by atoms with E-state index >= 15 is 0 Å². The van der Waals surface area contributed by atoms with Gasteiger partial charge in [-0.25, -0.2) is 0 Å². The number of carbonyl (C=O) groups is 2. The van der Waals surface area contributed by atoms with Crippen LogP contribution in [0.3, 0.4) is 0 Å². The van der Waals surface area contributed by atoms with E-state index in [0.29, 0.717) is 24.7 Å². The van der Waals surface area contributed by atoms with Crippen molar-refractivity contribution in [2.24, 2.45) is 11.8 Å². The Hall–Kier alpha value is -1.84. The third kappa shape index (κ3) is 6.05. The molecule has 4 nitrogen and oxygen atoms in total. The maximum atomic E-state index is 12.1. The predicted molar refractivity (Wildman–Crippen MR) is 88.5 cm³/mol. The molecule has 0 radical (unpaired) electrons. The van der Waals surface area contributed by atoms with Crippen LogP contribution in [0.2, 0.25) is 0 Å². The lowest BCUT2D eigenvalue weighted by molar-refractivity contribution is -0.137. The standard InChI is InChI=1S/C19H26O4/c20-18-13-12-15(14-23-16-8-4-3-5-9-16)17(18)10-6-1-2-7-11-19(21)22/h3-5,8-9,15,17H,1-2,6-7,10-14H2,(H,21,22)/t15-,17?/m1/s1. The van der Waals surface area contributed by atoms with Crippen molar-refractivity contribution in [1.29, 1.82) is 0 Å². The van der Waals surface area contributed by atoms with E-state index in [2.05, 4.69) is 0 Å². The average Bonchev–Trinajstić information content (AvgIpc) is 2.90. The molecule has 0 aromatic heterocycles. The highest BCUT2D eigenvalue weighted by Gasteiger charge is 2.34. The minimum absolute atomic E-state index is 0.123. The summed E-state index contributed by atoms with van der Waals surface area (Å²) in [7, 11) is 0. The second-order valence-electron chi connectivity index (χ2n) is 6.34. The third-order valence-corrected chi connectivity index (χ3v) is 4.61. The molecule has 23 heavy (non-hydrogen) atoms. The van der Waals surface area contributed by atoms with E-state index in [1.165, 1.54) is 0 Å². The Morgan fingerprint density at radius 2 is 1.87 bits per heavy atom. The van der Waals surface area contributed by atoms with Crippen LogP contribution in [0.4, 0.5) is 0 Å². The van der Waals surface area contributed by atoms with Gasteiger partial charge < -0.3 is 9.84 Å². The first-order chi connectivity index (χ1) is 11.2. The van der Waals surface area contributed by atoms with Crippen LogP contribution in [0.25, 0.3) is 0 Å². The number of ether oxygens (including phenoxy) is 1. The van der Waals surface area contributed by atoms with Crippen molar-refractivity contribution < 1.29 is 19.4 Å². The molecule has 2 atom stereocenters. The minimum atomic E-state index is -0.728. The van der Waals surface area contributed by atoms with Crippen LogP contribution in [-0.4, -0.2) is 23.5 Å². The smallest absolute Gasteiger partial charge is 0.303 e. The van der Waals surface area contributed by atoms with Crippen LogP contribution in [0.15, 0.2) is 30.3 Å². The summed E-state index contributed by atoms with van der Waals surface area (Å²) < 4.78 is 5.82. The third-order valence-electron chi connectivity index (χ3n) is 4.61. The zero-order valence-corrected chi connectivity index (χ0v) is 13.6. The Morgan fingerprint density at radius 3 is 2.61 bits per heavy atom. The van der Waals surface area contributed by atoms with Crippen molar-refractivity contribution in [3.8, 4) is 5.75 Å². The number of hydrogen-bond acceptors (Lipinski definition) is 3. The number of carboxylic acids is 1. The summed E-state index contributed by atoms with van der Waals surface area (Å²) in [5.41, 5.74) is 0. The highest BCUT2D eigenvalue weighted by Crippen LogP contribution is 2.33. The molecule has 0 amide bonds. The molecule has 1 aromatic rings. The molecule has 1 aromatic carbocycles. The Morgan fingerprint density at radius 1 is 1.13 bits per heavy atom. The number of hydrogen-bond donors (Lipinski definition) is 1. The fourth-order valence-corrected chi connectivity index (χ4v) is 3.29. The number of benzene rings is 1. The molecule has 0 saturated heterocycles. The molecule has 0 aliphatic heterocycles. The zero-order valence-electron chi connectivity index (χ0n) is 13.6. The van der Waals surface area contributed by atoms with E-state index in [0.717, 1.165) is 44.3 Å². The summed E-state index contributed by atoms with van der Waals surface area (Å²) in [6, 6.07) is 9.73. The topological polar surface area (TPSA) is 63.6 Å². The van der Waals surface area contributed by atoms with Crippen molar-refractivity contribution in [3.05, 3.63) is 30.3 Å². The van der Waals surface area contributed by atoms with Gasteiger partial charge in [-0.1, -0.05) is 37.5 Å². The van der Waals surface area contributed by atoms with Crippen molar-refractivity contribution in [1.82, 2.24) is 0 Å². The van der Waals surface area contributed by atoms with Crippen LogP contribution in [0.5, 0.6) is 5.75 Å². The molecular formula is C19H26O4. The van der Waals surface area contributed by atoms with Crippen molar-refractivity contribution >= 4 is 11.8 Å². The molecule has 2 rings (SSSR count). The first-order valence-corrected chi connectivity index (χ1v) is 8.59. The molecule has 1 N–H and O–H groups in total. The Bertz CT molecular complexity index is 497. The summed E-state index contributed by atoms with van der Waals surface area (Å²) in [5.74, 6) is 0.950. The van der Waals surface area contributed by atoms with Crippen LogP contribution in [0, 0.1) is 11.8 Å². The Labute approximate surface area is 137 Å². The number of rotatable bonds is 10. The predicted octanol–water partition coefficient (Wildman–Crippen LogP) is 4.09. The van der Waals surface area contributed by atoms with Crippen molar-refractivity contribution in [2.75, 3.05) is 6.61 Å². The number of carbonyl (C=O) groups excluding carboxylic acids is 1. The van der Waals surface area contributed by atoms with Gasteiger partial charge in [0, 0.05) is 24.7 Å². The van der Waals surface area contributed by atoms with Crippen LogP contribution < -0.4 is 4.74 Å². The number of unbranched alkanes of at least 4 members (excludes halogenated alkanes) is 3. The molecule has 4 heteroatoms. The molecule has 0 heterocycles. The lowest BCUT2D eigenvalue weighted by atomic mass is 9.90. The Balaban J connectivity index is 1.68. The van der Waals surface area contributed by atoms with E-state index in [4.69, 9.17) is 9.84 Å². The van der Waals surface area contributed by atoms with Crippen LogP contribution in [0.1, 0.15) is 51.4 Å². The minimum Gasteiger partial charge on any atom is -0.493 e. The van der Waals surface area contributed by atoms with E-state index in [-0.39, 0.29) is 12.3 Å². The summed E-state index contributed by atoms with van der Waals surface area (Å²) in [6.07, 6.45) is 6.42. The molecule has 0 bridgehead atoms. The van der Waals surface area contributed by atoms with Gasteiger partial charge >= 0.3 is 5.97 Å². The fraction of sp³-hybridized carbons (Fsp3) is 0.579. The average molecular weight is 318 g/mol. The lowest BCUT2D eigenvalue weighted by Crippen LogP contribution is -2.20. The SMILES string of the molecule is O=C(O)CCCCCCC1C(=O)CC[C@@H]1COc1ccccc1. The summed E-state index contributed by atoms with van der Waals surface area (Å²) in [6.45, 7) is 0.611. The molecule has 1 unspecified atom stereocenters. The van der Waals surface area contributed by atoms with Gasteiger partial charge in [0.05, 0.1) is 6.61 Å². The molecule has 1 saturated carbocycles. The largest absolute Gasteiger partial charge is 0.493 e. The van der Waals surface area contributed by atoms with Gasteiger partial charge in [0.15, 0.2) is 0 Å². The van der Waals surface area contributed by atoms with E-state index in [9.17, 15) is 9.59 Å². The summed E-state index contributed by atoms with van der Waals surface area (Å²) in [4.78, 5) is 22.5. The van der Waals surface area contributed by atoms with E-state index < -0.39 is 5.97 Å². The molecule has 1 fully saturated rings. The molecular weight excluding hydrogens is 292 g/mol. The van der Waals surface area contributed by atoms with E-state index in [1.54, 1.807) is 0 Å². The van der Waals surface area contributed by atoms with Gasteiger partial charge in [-0.2, -0.15) is 0 Å². The number of ketones is 1. The maximum absolute atomic E-state index is 12.1. The van der Waals surface area contributed by atoms with Gasteiger partial charge in [-0.3, -0.25) is 9.59 Å². The normalized spacial score (nSPS) is 20.6. The lowest BCUT2D eigenvalue weighted by Gasteiger charge is -2.19. The monoisotopic (exact) mass is 318 g/mol. The first kappa shape index (κ1) is 17.5. The van der Waals surface area contributed by atoms with Crippen LogP contribution in [-0.2, 0) is 9.59 Å². The van der Waals surface area contributed by atoms with E-state index in [1.807, 2.05) is 30.3 Å². The number of para-hydroxylation sites is 1. The van der Waals surface area contributed by atoms with Gasteiger partial charge in [0.25, 0.3) is 0 Å².